The summed E-state index contributed by atoms with van der Waals surface area (Å²) < 4.78 is 16.7. The average molecular weight is 465 g/mol. The Morgan fingerprint density at radius 1 is 1.09 bits per heavy atom. The fourth-order valence-electron chi connectivity index (χ4n) is 3.84. The number of rotatable bonds is 8. The second-order valence-electron chi connectivity index (χ2n) is 7.82. The van der Waals surface area contributed by atoms with E-state index in [-0.39, 0.29) is 6.04 Å². The SMILES string of the molecule is CCOc1ccc(C2NC(=S)N(CCOC)C(C)=C2c2nc(-c3ccc(C)cc3)no2)cc1. The molecule has 7 nitrogen and oxygen atoms in total. The van der Waals surface area contributed by atoms with E-state index in [1.807, 2.05) is 74.2 Å². The summed E-state index contributed by atoms with van der Waals surface area (Å²) in [5, 5.41) is 8.34. The van der Waals surface area contributed by atoms with Gasteiger partial charge in [0, 0.05) is 24.9 Å². The van der Waals surface area contributed by atoms with Crippen LogP contribution in [0.25, 0.3) is 17.0 Å². The molecule has 2 heterocycles. The number of benzene rings is 2. The molecule has 0 spiro atoms. The van der Waals surface area contributed by atoms with Gasteiger partial charge in [0.05, 0.1) is 24.8 Å². The number of allylic oxidation sites excluding steroid dienone is 1. The second-order valence-corrected chi connectivity index (χ2v) is 8.20. The molecule has 1 aromatic heterocycles. The van der Waals surface area contributed by atoms with E-state index >= 15 is 0 Å². The first-order valence-electron chi connectivity index (χ1n) is 10.9. The van der Waals surface area contributed by atoms with Gasteiger partial charge in [-0.3, -0.25) is 0 Å². The maximum absolute atomic E-state index is 5.78. The minimum Gasteiger partial charge on any atom is -0.494 e. The highest BCUT2D eigenvalue weighted by Crippen LogP contribution is 2.37. The van der Waals surface area contributed by atoms with Gasteiger partial charge in [-0.05, 0) is 50.7 Å². The molecule has 172 valence electrons. The lowest BCUT2D eigenvalue weighted by molar-refractivity contribution is 0.183. The Kier molecular flexibility index (Phi) is 7.05. The van der Waals surface area contributed by atoms with E-state index < -0.39 is 0 Å². The standard InChI is InChI=1S/C25H28N4O3S/c1-5-31-20-12-10-18(11-13-20)22-21(17(3)29(14-15-30-4)25(33)26-22)24-27-23(28-32-24)19-8-6-16(2)7-9-19/h6-13,22H,5,14-15H2,1-4H3,(H,26,33). The lowest BCUT2D eigenvalue weighted by Crippen LogP contribution is -2.47. The molecule has 1 atom stereocenters. The van der Waals surface area contributed by atoms with E-state index in [1.165, 1.54) is 5.56 Å². The van der Waals surface area contributed by atoms with Gasteiger partial charge >= 0.3 is 0 Å². The maximum Gasteiger partial charge on any atom is 0.258 e. The van der Waals surface area contributed by atoms with Gasteiger partial charge in [-0.2, -0.15) is 4.98 Å². The van der Waals surface area contributed by atoms with E-state index in [0.29, 0.717) is 36.6 Å². The summed E-state index contributed by atoms with van der Waals surface area (Å²) in [7, 11) is 1.68. The molecule has 0 saturated heterocycles. The number of hydrogen-bond donors (Lipinski definition) is 1. The van der Waals surface area contributed by atoms with E-state index in [2.05, 4.69) is 10.5 Å². The van der Waals surface area contributed by atoms with Crippen molar-refractivity contribution >= 4 is 22.9 Å². The van der Waals surface area contributed by atoms with Crippen LogP contribution in [-0.2, 0) is 4.74 Å². The van der Waals surface area contributed by atoms with Crippen LogP contribution < -0.4 is 10.1 Å². The topological polar surface area (TPSA) is 72.7 Å². The molecule has 1 unspecified atom stereocenters. The van der Waals surface area contributed by atoms with Crippen LogP contribution in [0.5, 0.6) is 5.75 Å². The second kappa shape index (κ2) is 10.1. The van der Waals surface area contributed by atoms with Crippen LogP contribution >= 0.6 is 12.2 Å². The third-order valence-electron chi connectivity index (χ3n) is 5.61. The largest absolute Gasteiger partial charge is 0.494 e. The summed E-state index contributed by atoms with van der Waals surface area (Å²) in [6, 6.07) is 15.8. The first-order valence-corrected chi connectivity index (χ1v) is 11.3. The van der Waals surface area contributed by atoms with Gasteiger partial charge in [0.15, 0.2) is 5.11 Å². The molecule has 33 heavy (non-hydrogen) atoms. The highest BCUT2D eigenvalue weighted by Gasteiger charge is 2.34. The van der Waals surface area contributed by atoms with Crippen molar-refractivity contribution in [3.05, 3.63) is 71.2 Å². The van der Waals surface area contributed by atoms with Crippen molar-refractivity contribution < 1.29 is 14.0 Å². The van der Waals surface area contributed by atoms with Crippen molar-refractivity contribution in [1.82, 2.24) is 20.4 Å². The Morgan fingerprint density at radius 3 is 2.48 bits per heavy atom. The van der Waals surface area contributed by atoms with Crippen LogP contribution in [-0.4, -0.2) is 47.0 Å². The van der Waals surface area contributed by atoms with E-state index in [0.717, 1.165) is 28.1 Å². The molecule has 0 bridgehead atoms. The van der Waals surface area contributed by atoms with Crippen LogP contribution in [0.15, 0.2) is 58.8 Å². The zero-order chi connectivity index (χ0) is 23.4. The zero-order valence-electron chi connectivity index (χ0n) is 19.3. The fourth-order valence-corrected chi connectivity index (χ4v) is 4.18. The van der Waals surface area contributed by atoms with E-state index in [9.17, 15) is 0 Å². The number of ether oxygens (including phenoxy) is 2. The number of nitrogens with one attached hydrogen (secondary N) is 1. The molecule has 2 aromatic carbocycles. The van der Waals surface area contributed by atoms with Crippen molar-refractivity contribution in [2.24, 2.45) is 0 Å². The zero-order valence-corrected chi connectivity index (χ0v) is 20.1. The van der Waals surface area contributed by atoms with Gasteiger partial charge in [-0.15, -0.1) is 0 Å². The van der Waals surface area contributed by atoms with Crippen LogP contribution in [0, 0.1) is 6.92 Å². The Labute approximate surface area is 199 Å². The number of aryl methyl sites for hydroxylation is 1. The van der Waals surface area contributed by atoms with Crippen LogP contribution in [0.1, 0.15) is 36.9 Å². The van der Waals surface area contributed by atoms with Crippen molar-refractivity contribution in [3.63, 3.8) is 0 Å². The normalized spacial score (nSPS) is 16.2. The molecule has 0 amide bonds. The summed E-state index contributed by atoms with van der Waals surface area (Å²) >= 11 is 5.69. The summed E-state index contributed by atoms with van der Waals surface area (Å²) in [5.74, 6) is 1.83. The summed E-state index contributed by atoms with van der Waals surface area (Å²) in [5.41, 5.74) is 4.94. The van der Waals surface area contributed by atoms with Crippen molar-refractivity contribution in [2.45, 2.75) is 26.8 Å². The predicted octanol–water partition coefficient (Wildman–Crippen LogP) is 4.75. The predicted molar refractivity (Wildman–Crippen MR) is 132 cm³/mol. The molecule has 8 heteroatoms. The first kappa shape index (κ1) is 22.9. The number of thiocarbonyl (C=S) groups is 1. The van der Waals surface area contributed by atoms with Gasteiger partial charge in [0.2, 0.25) is 5.82 Å². The van der Waals surface area contributed by atoms with Gasteiger partial charge < -0.3 is 24.2 Å². The van der Waals surface area contributed by atoms with Gasteiger partial charge in [0.25, 0.3) is 5.89 Å². The molecule has 1 aliphatic rings. The minimum atomic E-state index is -0.238. The lowest BCUT2D eigenvalue weighted by Gasteiger charge is -2.37. The molecule has 4 rings (SSSR count). The fraction of sp³-hybridized carbons (Fsp3) is 0.320. The number of aromatic nitrogens is 2. The highest BCUT2D eigenvalue weighted by molar-refractivity contribution is 7.80. The molecule has 0 radical (unpaired) electrons. The monoisotopic (exact) mass is 464 g/mol. The molecule has 0 aliphatic carbocycles. The maximum atomic E-state index is 5.78. The third-order valence-corrected chi connectivity index (χ3v) is 5.94. The van der Waals surface area contributed by atoms with Crippen molar-refractivity contribution in [3.8, 4) is 17.1 Å². The Balaban J connectivity index is 1.75. The minimum absolute atomic E-state index is 0.238. The molecule has 3 aromatic rings. The van der Waals surface area contributed by atoms with Gasteiger partial charge in [-0.25, -0.2) is 0 Å². The average Bonchev–Trinajstić information content (AvgIpc) is 3.29. The summed E-state index contributed by atoms with van der Waals surface area (Å²) in [6.07, 6.45) is 0. The van der Waals surface area contributed by atoms with E-state index in [1.54, 1.807) is 7.11 Å². The van der Waals surface area contributed by atoms with Gasteiger partial charge in [0.1, 0.15) is 5.75 Å². The smallest absolute Gasteiger partial charge is 0.258 e. The van der Waals surface area contributed by atoms with E-state index in [4.69, 9.17) is 31.2 Å². The van der Waals surface area contributed by atoms with Crippen LogP contribution in [0.4, 0.5) is 0 Å². The molecule has 1 aliphatic heterocycles. The van der Waals surface area contributed by atoms with Crippen molar-refractivity contribution in [1.29, 1.82) is 0 Å². The first-order chi connectivity index (χ1) is 16.0. The highest BCUT2D eigenvalue weighted by atomic mass is 32.1. The summed E-state index contributed by atoms with van der Waals surface area (Å²) in [4.78, 5) is 6.75. The molecule has 0 fully saturated rings. The molecule has 0 saturated carbocycles. The van der Waals surface area contributed by atoms with Crippen LogP contribution in [0.2, 0.25) is 0 Å². The number of nitrogens with zero attached hydrogens (tertiary/aromatic N) is 3. The van der Waals surface area contributed by atoms with Crippen LogP contribution in [0.3, 0.4) is 0 Å². The van der Waals surface area contributed by atoms with Crippen molar-refractivity contribution in [2.75, 3.05) is 26.9 Å². The van der Waals surface area contributed by atoms with Gasteiger partial charge in [-0.1, -0.05) is 47.1 Å². The lowest BCUT2D eigenvalue weighted by atomic mass is 9.94. The number of methoxy groups -OCH3 is 1. The molecule has 1 N–H and O–H groups in total. The Bertz CT molecular complexity index is 1140. The quantitative estimate of drug-likeness (QED) is 0.479. The Morgan fingerprint density at radius 2 is 1.82 bits per heavy atom. The summed E-state index contributed by atoms with van der Waals surface area (Å²) in [6.45, 7) is 7.82. The molecular weight excluding hydrogens is 436 g/mol. The Hall–Kier alpha value is -3.23. The number of hydrogen-bond acceptors (Lipinski definition) is 6. The third kappa shape index (κ3) is 4.91. The molecular formula is C25H28N4O3S.